The summed E-state index contributed by atoms with van der Waals surface area (Å²) >= 11 is 0. The molecule has 0 radical (unpaired) electrons. The number of rotatable bonds is 8. The molecule has 1 aliphatic rings. The third-order valence-corrected chi connectivity index (χ3v) is 7.19. The number of nitrogens with one attached hydrogen (secondary N) is 1. The van der Waals surface area contributed by atoms with E-state index in [2.05, 4.69) is 27.7 Å². The minimum Gasteiger partial charge on any atom is -0.369 e. The summed E-state index contributed by atoms with van der Waals surface area (Å²) in [5.41, 5.74) is 3.47. The predicted octanol–water partition coefficient (Wildman–Crippen LogP) is 5.67. The fourth-order valence-corrected chi connectivity index (χ4v) is 5.11. The van der Waals surface area contributed by atoms with Crippen molar-refractivity contribution in [3.05, 3.63) is 76.6 Å². The van der Waals surface area contributed by atoms with Crippen LogP contribution in [-0.4, -0.2) is 32.2 Å². The second kappa shape index (κ2) is 10.8. The molecule has 206 valence electrons. The molecule has 0 unspecified atom stereocenters. The van der Waals surface area contributed by atoms with Crippen LogP contribution in [0, 0.1) is 22.7 Å². The predicted molar refractivity (Wildman–Crippen MR) is 154 cm³/mol. The van der Waals surface area contributed by atoms with Crippen LogP contribution in [-0.2, 0) is 25.7 Å². The summed E-state index contributed by atoms with van der Waals surface area (Å²) in [6.45, 7) is 5.50. The van der Waals surface area contributed by atoms with Crippen molar-refractivity contribution in [3.63, 3.8) is 0 Å². The number of aryl methyl sites for hydroxylation is 2. The Morgan fingerprint density at radius 1 is 1.10 bits per heavy atom. The maximum Gasteiger partial charge on any atom is 0.260 e. The first-order chi connectivity index (χ1) is 19.6. The number of carbonyl (C=O) groups excluding carboxylic acids is 1. The zero-order chi connectivity index (χ0) is 29.3. The van der Waals surface area contributed by atoms with E-state index in [0.29, 0.717) is 63.8 Å². The van der Waals surface area contributed by atoms with Crippen molar-refractivity contribution in [2.45, 2.75) is 45.8 Å². The lowest BCUT2D eigenvalue weighted by atomic mass is 9.90. The highest BCUT2D eigenvalue weighted by atomic mass is 19.1. The molecule has 1 aliphatic heterocycles. The third-order valence-electron chi connectivity index (χ3n) is 7.19. The van der Waals surface area contributed by atoms with Crippen LogP contribution in [0.3, 0.4) is 0 Å². The van der Waals surface area contributed by atoms with Gasteiger partial charge in [0.2, 0.25) is 0 Å². The van der Waals surface area contributed by atoms with E-state index in [9.17, 15) is 10.1 Å². The molecule has 5 rings (SSSR count). The van der Waals surface area contributed by atoms with Crippen LogP contribution >= 0.6 is 0 Å². The molecule has 1 N–H and O–H groups in total. The lowest BCUT2D eigenvalue weighted by Crippen LogP contribution is -2.24. The van der Waals surface area contributed by atoms with Crippen LogP contribution in [0.4, 0.5) is 16.0 Å². The molecule has 1 amide bonds. The summed E-state index contributed by atoms with van der Waals surface area (Å²) in [6.07, 6.45) is 2.53. The van der Waals surface area contributed by atoms with Gasteiger partial charge >= 0.3 is 0 Å². The summed E-state index contributed by atoms with van der Waals surface area (Å²) in [5.74, 6) is 1.18. The summed E-state index contributed by atoms with van der Waals surface area (Å²) in [5, 5.41) is 30.2. The minimum atomic E-state index is -1.63. The van der Waals surface area contributed by atoms with Crippen LogP contribution in [0.5, 0.6) is 0 Å². The van der Waals surface area contributed by atoms with Gasteiger partial charge in [0, 0.05) is 24.7 Å². The Balaban J connectivity index is 1.67. The van der Waals surface area contributed by atoms with E-state index in [0.717, 1.165) is 11.1 Å². The summed E-state index contributed by atoms with van der Waals surface area (Å²) in [4.78, 5) is 20.1. The molecular formula is C31H29FN8O. The van der Waals surface area contributed by atoms with Crippen molar-refractivity contribution in [2.75, 3.05) is 16.8 Å². The molecule has 9 nitrogen and oxygen atoms in total. The number of fused-ring (bicyclic) bond motifs is 1. The van der Waals surface area contributed by atoms with Gasteiger partial charge in [0.25, 0.3) is 5.91 Å². The average Bonchev–Trinajstić information content (AvgIpc) is 3.54. The maximum atomic E-state index is 15.3. The first kappa shape index (κ1) is 27.5. The highest BCUT2D eigenvalue weighted by Crippen LogP contribution is 2.40. The fraction of sp³-hybridized carbons (Fsp3) is 0.290. The van der Waals surface area contributed by atoms with E-state index in [-0.39, 0.29) is 18.9 Å². The SMILES string of the molecule is CCc1cc2c(c(C(C)(C)F)c1)CN(c1cc(-c3cc(C#N)ccc3-c3nncn3C)cc(NCCC#N)n1)C2=O. The number of pyridine rings is 1. The lowest BCUT2D eigenvalue weighted by molar-refractivity contribution is 0.0996. The number of amides is 1. The van der Waals surface area contributed by atoms with Gasteiger partial charge in [-0.25, -0.2) is 9.37 Å². The molecule has 0 fully saturated rings. The number of aromatic nitrogens is 4. The molecule has 0 atom stereocenters. The Bertz CT molecular complexity index is 1740. The number of nitrogens with zero attached hydrogens (tertiary/aromatic N) is 7. The highest BCUT2D eigenvalue weighted by molar-refractivity contribution is 6.10. The van der Waals surface area contributed by atoms with Crippen LogP contribution in [0.2, 0.25) is 0 Å². The topological polar surface area (TPSA) is 124 Å². The van der Waals surface area contributed by atoms with Gasteiger partial charge in [-0.2, -0.15) is 10.5 Å². The zero-order valence-electron chi connectivity index (χ0n) is 23.4. The lowest BCUT2D eigenvalue weighted by Gasteiger charge is -2.21. The zero-order valence-corrected chi connectivity index (χ0v) is 23.4. The number of alkyl halides is 1. The number of hydrogen-bond donors (Lipinski definition) is 1. The van der Waals surface area contributed by atoms with Gasteiger partial charge in [-0.1, -0.05) is 13.0 Å². The Morgan fingerprint density at radius 2 is 1.90 bits per heavy atom. The van der Waals surface area contributed by atoms with Crippen LogP contribution in [0.1, 0.15) is 59.8 Å². The van der Waals surface area contributed by atoms with Crippen molar-refractivity contribution in [1.82, 2.24) is 19.7 Å². The van der Waals surface area contributed by atoms with Crippen LogP contribution in [0.15, 0.2) is 48.8 Å². The number of halogens is 1. The number of hydrogen-bond acceptors (Lipinski definition) is 7. The highest BCUT2D eigenvalue weighted by Gasteiger charge is 2.36. The van der Waals surface area contributed by atoms with Gasteiger partial charge in [0.05, 0.1) is 30.7 Å². The number of benzene rings is 2. The molecule has 0 saturated carbocycles. The fourth-order valence-electron chi connectivity index (χ4n) is 5.11. The molecule has 0 saturated heterocycles. The molecule has 41 heavy (non-hydrogen) atoms. The van der Waals surface area contributed by atoms with Gasteiger partial charge in [0.15, 0.2) is 5.82 Å². The van der Waals surface area contributed by atoms with Crippen molar-refractivity contribution >= 4 is 17.5 Å². The summed E-state index contributed by atoms with van der Waals surface area (Å²) in [7, 11) is 1.83. The monoisotopic (exact) mass is 548 g/mol. The molecule has 0 aliphatic carbocycles. The molecule has 0 spiro atoms. The van der Waals surface area contributed by atoms with Gasteiger partial charge in [0.1, 0.15) is 23.6 Å². The standard InChI is InChI=1S/C31H29FN8O/c1-5-19-11-24-25(26(13-19)31(2,3)32)17-40(30(24)41)28-15-21(14-27(37-28)35-10-6-9-33)23-12-20(16-34)7-8-22(23)29-38-36-18-39(29)4/h7-8,11-15,18H,5-6,10,17H2,1-4H3,(H,35,37). The van der Waals surface area contributed by atoms with Crippen molar-refractivity contribution in [2.24, 2.45) is 7.05 Å². The van der Waals surface area contributed by atoms with Gasteiger partial charge in [-0.05, 0) is 84.5 Å². The van der Waals surface area contributed by atoms with Crippen molar-refractivity contribution in [3.8, 4) is 34.7 Å². The average molecular weight is 549 g/mol. The van der Waals surface area contributed by atoms with Crippen LogP contribution < -0.4 is 10.2 Å². The van der Waals surface area contributed by atoms with Crippen LogP contribution in [0.25, 0.3) is 22.5 Å². The second-order valence-electron chi connectivity index (χ2n) is 10.5. The molecule has 2 aromatic carbocycles. The first-order valence-corrected chi connectivity index (χ1v) is 13.3. The quantitative estimate of drug-likeness (QED) is 0.281. The van der Waals surface area contributed by atoms with E-state index in [1.54, 1.807) is 34.0 Å². The Labute approximate surface area is 237 Å². The van der Waals surface area contributed by atoms with E-state index in [1.807, 2.05) is 38.2 Å². The van der Waals surface area contributed by atoms with E-state index < -0.39 is 5.67 Å². The minimum absolute atomic E-state index is 0.170. The Hall–Kier alpha value is -5.09. The van der Waals surface area contributed by atoms with Gasteiger partial charge < -0.3 is 9.88 Å². The van der Waals surface area contributed by atoms with E-state index >= 15 is 4.39 Å². The molecule has 3 heterocycles. The Morgan fingerprint density at radius 3 is 2.56 bits per heavy atom. The summed E-state index contributed by atoms with van der Waals surface area (Å²) < 4.78 is 17.1. The van der Waals surface area contributed by atoms with E-state index in [1.165, 1.54) is 13.8 Å². The molecule has 2 aromatic heterocycles. The molecule has 10 heteroatoms. The first-order valence-electron chi connectivity index (χ1n) is 13.3. The van der Waals surface area contributed by atoms with Crippen molar-refractivity contribution < 1.29 is 9.18 Å². The number of anilines is 2. The van der Waals surface area contributed by atoms with Crippen molar-refractivity contribution in [1.29, 1.82) is 10.5 Å². The molecule has 4 aromatic rings. The van der Waals surface area contributed by atoms with Gasteiger partial charge in [-0.15, -0.1) is 10.2 Å². The Kier molecular flexibility index (Phi) is 7.25. The largest absolute Gasteiger partial charge is 0.369 e. The maximum absolute atomic E-state index is 15.3. The third kappa shape index (κ3) is 5.24. The summed E-state index contributed by atoms with van der Waals surface area (Å²) in [6, 6.07) is 16.9. The smallest absolute Gasteiger partial charge is 0.260 e. The van der Waals surface area contributed by atoms with Gasteiger partial charge in [-0.3, -0.25) is 9.69 Å². The normalized spacial score (nSPS) is 12.7. The number of carbonyl (C=O) groups is 1. The number of nitriles is 2. The molecular weight excluding hydrogens is 519 g/mol. The molecule has 0 bridgehead atoms. The second-order valence-corrected chi connectivity index (χ2v) is 10.5. The van der Waals surface area contributed by atoms with E-state index in [4.69, 9.17) is 10.2 Å².